The van der Waals surface area contributed by atoms with Gasteiger partial charge in [0.05, 0.1) is 11.0 Å². The van der Waals surface area contributed by atoms with Crippen LogP contribution in [-0.2, 0) is 0 Å². The maximum absolute atomic E-state index is 6.43. The summed E-state index contributed by atoms with van der Waals surface area (Å²) in [5.41, 5.74) is 13.2. The Hall–Kier alpha value is -6.06. The predicted molar refractivity (Wildman–Crippen MR) is 200 cm³/mol. The molecular formula is C45H31NO2. The largest absolute Gasteiger partial charge is 0.456 e. The summed E-state index contributed by atoms with van der Waals surface area (Å²) in [5.74, 6) is 0.388. The van der Waals surface area contributed by atoms with E-state index in [2.05, 4.69) is 152 Å². The summed E-state index contributed by atoms with van der Waals surface area (Å²) in [6.07, 6.45) is 0. The Balaban J connectivity index is 1.15. The van der Waals surface area contributed by atoms with Crippen LogP contribution in [0.3, 0.4) is 0 Å². The van der Waals surface area contributed by atoms with E-state index in [0.29, 0.717) is 5.92 Å². The minimum Gasteiger partial charge on any atom is -0.456 e. The molecule has 0 atom stereocenters. The maximum Gasteiger partial charge on any atom is 0.138 e. The number of furan rings is 2. The molecule has 7 aromatic carbocycles. The van der Waals surface area contributed by atoms with Gasteiger partial charge in [-0.1, -0.05) is 105 Å². The molecule has 0 aliphatic rings. The highest BCUT2D eigenvalue weighted by Crippen LogP contribution is 2.41. The maximum atomic E-state index is 6.43. The molecule has 3 heteroatoms. The van der Waals surface area contributed by atoms with Crippen LogP contribution in [0.2, 0.25) is 0 Å². The molecule has 0 saturated heterocycles. The Bertz CT molecular complexity index is 2880. The van der Waals surface area contributed by atoms with Crippen molar-refractivity contribution in [3.8, 4) is 27.9 Å². The Labute approximate surface area is 277 Å². The highest BCUT2D eigenvalue weighted by Gasteiger charge is 2.18. The van der Waals surface area contributed by atoms with Gasteiger partial charge in [0, 0.05) is 38.0 Å². The highest BCUT2D eigenvalue weighted by atomic mass is 16.3. The summed E-state index contributed by atoms with van der Waals surface area (Å²) in [6, 6.07) is 52.3. The number of para-hydroxylation sites is 3. The first kappa shape index (κ1) is 27.1. The van der Waals surface area contributed by atoms with Crippen LogP contribution in [0.1, 0.15) is 25.3 Å². The van der Waals surface area contributed by atoms with Gasteiger partial charge in [0.15, 0.2) is 0 Å². The average Bonchev–Trinajstić information content (AvgIpc) is 3.80. The Morgan fingerprint density at radius 1 is 0.438 bits per heavy atom. The Morgan fingerprint density at radius 3 is 1.88 bits per heavy atom. The molecule has 0 amide bonds. The zero-order valence-electron chi connectivity index (χ0n) is 26.7. The summed E-state index contributed by atoms with van der Waals surface area (Å²) in [4.78, 5) is 0. The van der Waals surface area contributed by atoms with E-state index in [0.717, 1.165) is 44.2 Å². The Kier molecular flexibility index (Phi) is 5.77. The van der Waals surface area contributed by atoms with Crippen molar-refractivity contribution in [1.82, 2.24) is 4.57 Å². The lowest BCUT2D eigenvalue weighted by molar-refractivity contribution is 0.657. The van der Waals surface area contributed by atoms with E-state index in [-0.39, 0.29) is 0 Å². The van der Waals surface area contributed by atoms with E-state index < -0.39 is 0 Å². The smallest absolute Gasteiger partial charge is 0.138 e. The van der Waals surface area contributed by atoms with Gasteiger partial charge in [0.2, 0.25) is 0 Å². The lowest BCUT2D eigenvalue weighted by Crippen LogP contribution is -1.93. The number of rotatable bonds is 4. The van der Waals surface area contributed by atoms with Crippen LogP contribution in [0.4, 0.5) is 0 Å². The molecule has 0 N–H and O–H groups in total. The third-order valence-corrected chi connectivity index (χ3v) is 9.99. The van der Waals surface area contributed by atoms with Gasteiger partial charge in [0.1, 0.15) is 22.3 Å². The fraction of sp³-hybridized carbons (Fsp3) is 0.0667. The monoisotopic (exact) mass is 617 g/mol. The highest BCUT2D eigenvalue weighted by molar-refractivity contribution is 6.12. The minimum absolute atomic E-state index is 0.388. The van der Waals surface area contributed by atoms with Crippen LogP contribution >= 0.6 is 0 Å². The lowest BCUT2D eigenvalue weighted by atomic mass is 9.93. The quantitative estimate of drug-likeness (QED) is 0.197. The summed E-state index contributed by atoms with van der Waals surface area (Å²) >= 11 is 0. The standard InChI is InChI=1S/C45H31NO2/c1-27(2)31-14-9-15-36-39-26-30(20-23-44(39)48-45(31)36)46-40-16-7-5-12-34(40)37-24-28(18-21-41(37)46)32-10-3-4-11-33(32)29-19-22-43-38(25-29)35-13-6-8-17-42(35)47-43/h3-27H,1-2H3. The van der Waals surface area contributed by atoms with Crippen LogP contribution in [-0.4, -0.2) is 4.57 Å². The van der Waals surface area contributed by atoms with Crippen molar-refractivity contribution in [3.63, 3.8) is 0 Å². The second-order valence-electron chi connectivity index (χ2n) is 13.1. The second-order valence-corrected chi connectivity index (χ2v) is 13.1. The molecule has 0 radical (unpaired) electrons. The topological polar surface area (TPSA) is 31.2 Å². The van der Waals surface area contributed by atoms with Crippen LogP contribution in [0.5, 0.6) is 0 Å². The number of nitrogens with zero attached hydrogens (tertiary/aromatic N) is 1. The fourth-order valence-corrected chi connectivity index (χ4v) is 7.70. The third-order valence-electron chi connectivity index (χ3n) is 9.99. The molecule has 0 fully saturated rings. The van der Waals surface area contributed by atoms with Gasteiger partial charge in [-0.15, -0.1) is 0 Å². The summed E-state index contributed by atoms with van der Waals surface area (Å²) in [6.45, 7) is 4.44. The van der Waals surface area contributed by atoms with E-state index in [1.54, 1.807) is 0 Å². The number of aromatic nitrogens is 1. The van der Waals surface area contributed by atoms with Crippen molar-refractivity contribution in [1.29, 1.82) is 0 Å². The molecule has 3 heterocycles. The SMILES string of the molecule is CC(C)c1cccc2c1oc1ccc(-n3c4ccccc4c4cc(-c5ccccc5-c5ccc6oc7ccccc7c6c5)ccc43)cc12. The molecule has 228 valence electrons. The number of hydrogen-bond acceptors (Lipinski definition) is 2. The van der Waals surface area contributed by atoms with E-state index in [1.165, 1.54) is 55.0 Å². The molecule has 0 aliphatic carbocycles. The average molecular weight is 618 g/mol. The van der Waals surface area contributed by atoms with Gasteiger partial charge in [-0.05, 0) is 88.3 Å². The van der Waals surface area contributed by atoms with Crippen LogP contribution in [0.25, 0.3) is 93.6 Å². The van der Waals surface area contributed by atoms with Gasteiger partial charge < -0.3 is 13.4 Å². The summed E-state index contributed by atoms with van der Waals surface area (Å²) in [5, 5.41) is 7.05. The molecule has 0 saturated carbocycles. The van der Waals surface area contributed by atoms with Gasteiger partial charge in [-0.25, -0.2) is 0 Å². The van der Waals surface area contributed by atoms with Gasteiger partial charge in [-0.2, -0.15) is 0 Å². The first-order valence-electron chi connectivity index (χ1n) is 16.6. The number of benzene rings is 7. The van der Waals surface area contributed by atoms with Crippen LogP contribution in [0, 0.1) is 0 Å². The van der Waals surface area contributed by atoms with E-state index in [9.17, 15) is 0 Å². The van der Waals surface area contributed by atoms with Gasteiger partial charge in [-0.3, -0.25) is 0 Å². The van der Waals surface area contributed by atoms with Crippen molar-refractivity contribution in [2.24, 2.45) is 0 Å². The van der Waals surface area contributed by atoms with E-state index in [4.69, 9.17) is 8.83 Å². The Morgan fingerprint density at radius 2 is 1.04 bits per heavy atom. The van der Waals surface area contributed by atoms with Crippen molar-refractivity contribution >= 4 is 65.7 Å². The molecule has 10 aromatic rings. The molecule has 0 bridgehead atoms. The molecule has 3 aromatic heterocycles. The lowest BCUT2D eigenvalue weighted by Gasteiger charge is -2.12. The zero-order valence-corrected chi connectivity index (χ0v) is 26.7. The molecule has 48 heavy (non-hydrogen) atoms. The van der Waals surface area contributed by atoms with Crippen molar-refractivity contribution < 1.29 is 8.83 Å². The molecule has 0 spiro atoms. The van der Waals surface area contributed by atoms with Gasteiger partial charge in [0.25, 0.3) is 0 Å². The normalized spacial score (nSPS) is 12.1. The first-order chi connectivity index (χ1) is 23.6. The molecule has 0 aliphatic heterocycles. The van der Waals surface area contributed by atoms with Gasteiger partial charge >= 0.3 is 0 Å². The fourth-order valence-electron chi connectivity index (χ4n) is 7.70. The predicted octanol–water partition coefficient (Wildman–Crippen LogP) is 13.0. The van der Waals surface area contributed by atoms with Crippen molar-refractivity contribution in [2.45, 2.75) is 19.8 Å². The van der Waals surface area contributed by atoms with Crippen molar-refractivity contribution in [3.05, 3.63) is 151 Å². The van der Waals surface area contributed by atoms with E-state index in [1.807, 2.05) is 12.1 Å². The number of hydrogen-bond donors (Lipinski definition) is 0. The summed E-state index contributed by atoms with van der Waals surface area (Å²) < 4.78 is 15.0. The molecule has 3 nitrogen and oxygen atoms in total. The second kappa shape index (κ2) is 10.2. The molecular weight excluding hydrogens is 587 g/mol. The minimum atomic E-state index is 0.388. The molecule has 10 rings (SSSR count). The van der Waals surface area contributed by atoms with Crippen LogP contribution < -0.4 is 0 Å². The van der Waals surface area contributed by atoms with Crippen LogP contribution in [0.15, 0.2) is 154 Å². The van der Waals surface area contributed by atoms with E-state index >= 15 is 0 Å². The third kappa shape index (κ3) is 3.94. The zero-order chi connectivity index (χ0) is 31.9. The first-order valence-corrected chi connectivity index (χ1v) is 16.6. The summed E-state index contributed by atoms with van der Waals surface area (Å²) in [7, 11) is 0. The number of fused-ring (bicyclic) bond motifs is 9. The molecule has 0 unspecified atom stereocenters. The van der Waals surface area contributed by atoms with Crippen molar-refractivity contribution in [2.75, 3.05) is 0 Å².